The number of hydrogen-bond donors (Lipinski definition) is 0. The predicted octanol–water partition coefficient (Wildman–Crippen LogP) is 4.85. The van der Waals surface area contributed by atoms with E-state index in [0.717, 1.165) is 31.3 Å². The highest BCUT2D eigenvalue weighted by Gasteiger charge is 2.20. The minimum atomic E-state index is -1.06. The maximum Gasteiger partial charge on any atom is 0.207 e. The summed E-state index contributed by atoms with van der Waals surface area (Å²) in [6.45, 7) is 10.8. The molecule has 136 valence electrons. The van der Waals surface area contributed by atoms with Crippen molar-refractivity contribution in [3.05, 3.63) is 36.5 Å². The van der Waals surface area contributed by atoms with Gasteiger partial charge in [0.05, 0.1) is 11.9 Å². The molecule has 0 unspecified atom stereocenters. The maximum atomic E-state index is 6.08. The molecule has 1 aromatic heterocycles. The van der Waals surface area contributed by atoms with Gasteiger partial charge in [-0.25, -0.2) is 4.98 Å². The highest BCUT2D eigenvalue weighted by molar-refractivity contribution is 6.76. The van der Waals surface area contributed by atoms with Gasteiger partial charge >= 0.3 is 0 Å². The monoisotopic (exact) mass is 357 g/mol. The van der Waals surface area contributed by atoms with Crippen LogP contribution in [0.1, 0.15) is 19.3 Å². The summed E-state index contributed by atoms with van der Waals surface area (Å²) < 4.78 is 8.33. The molecule has 0 spiro atoms. The average molecular weight is 358 g/mol. The molecule has 0 atom stereocenters. The van der Waals surface area contributed by atoms with Crippen molar-refractivity contribution in [3.8, 4) is 11.3 Å². The van der Waals surface area contributed by atoms with Gasteiger partial charge in [-0.15, -0.1) is 0 Å². The van der Waals surface area contributed by atoms with Gasteiger partial charge in [-0.3, -0.25) is 4.57 Å². The van der Waals surface area contributed by atoms with Crippen LogP contribution in [0.5, 0.6) is 0 Å². The number of ether oxygens (including phenoxy) is 1. The van der Waals surface area contributed by atoms with Crippen molar-refractivity contribution in [1.82, 2.24) is 9.55 Å². The van der Waals surface area contributed by atoms with Crippen LogP contribution in [-0.2, 0) is 11.5 Å². The van der Waals surface area contributed by atoms with E-state index >= 15 is 0 Å². The number of hydrogen-bond acceptors (Lipinski definition) is 3. The Morgan fingerprint density at radius 2 is 1.76 bits per heavy atom. The van der Waals surface area contributed by atoms with Crippen LogP contribution in [0.4, 0.5) is 5.95 Å². The van der Waals surface area contributed by atoms with Crippen molar-refractivity contribution >= 4 is 14.0 Å². The zero-order valence-electron chi connectivity index (χ0n) is 15.9. The standard InChI is InChI=1S/C20H31N3OSi/c1-25(2,3)15-14-24-17-23-19(18-10-6-4-7-11-18)16-21-20(23)22-12-8-5-9-13-22/h4,6-7,10-11,16H,5,8-9,12-15,17H2,1-3H3. The lowest BCUT2D eigenvalue weighted by Gasteiger charge is -2.28. The Labute approximate surface area is 152 Å². The van der Waals surface area contributed by atoms with Crippen LogP contribution in [0.25, 0.3) is 11.3 Å². The smallest absolute Gasteiger partial charge is 0.207 e. The number of benzene rings is 1. The molecular formula is C20H31N3OSi. The molecule has 25 heavy (non-hydrogen) atoms. The van der Waals surface area contributed by atoms with Crippen LogP contribution < -0.4 is 4.90 Å². The number of imidazole rings is 1. The van der Waals surface area contributed by atoms with E-state index < -0.39 is 8.07 Å². The maximum absolute atomic E-state index is 6.08. The zero-order chi connectivity index (χ0) is 17.7. The molecule has 0 bridgehead atoms. The Morgan fingerprint density at radius 1 is 1.04 bits per heavy atom. The SMILES string of the molecule is C[Si](C)(C)CCOCn1c(-c2ccccc2)cnc1N1CCCCC1. The zero-order valence-corrected chi connectivity index (χ0v) is 16.9. The summed E-state index contributed by atoms with van der Waals surface area (Å²) in [6, 6.07) is 11.7. The molecule has 5 heteroatoms. The Hall–Kier alpha value is -1.59. The van der Waals surface area contributed by atoms with Crippen LogP contribution in [0, 0.1) is 0 Å². The molecule has 4 nitrogen and oxygen atoms in total. The van der Waals surface area contributed by atoms with E-state index in [1.165, 1.54) is 30.9 Å². The van der Waals surface area contributed by atoms with Crippen LogP contribution in [0.3, 0.4) is 0 Å². The highest BCUT2D eigenvalue weighted by Crippen LogP contribution is 2.27. The molecule has 0 amide bonds. The fraction of sp³-hybridized carbons (Fsp3) is 0.550. The first-order valence-electron chi connectivity index (χ1n) is 9.48. The lowest BCUT2D eigenvalue weighted by Crippen LogP contribution is -2.32. The van der Waals surface area contributed by atoms with E-state index in [0.29, 0.717) is 6.73 Å². The third kappa shape index (κ3) is 4.95. The van der Waals surface area contributed by atoms with Gasteiger partial charge in [0, 0.05) is 27.8 Å². The van der Waals surface area contributed by atoms with E-state index in [1.54, 1.807) is 0 Å². The van der Waals surface area contributed by atoms with Crippen molar-refractivity contribution in [2.24, 2.45) is 0 Å². The van der Waals surface area contributed by atoms with Gasteiger partial charge < -0.3 is 9.64 Å². The molecule has 2 heterocycles. The summed E-state index contributed by atoms with van der Waals surface area (Å²) in [7, 11) is -1.06. The summed E-state index contributed by atoms with van der Waals surface area (Å²) in [4.78, 5) is 7.18. The molecule has 1 aliphatic heterocycles. The van der Waals surface area contributed by atoms with Crippen LogP contribution in [-0.4, -0.2) is 37.3 Å². The largest absolute Gasteiger partial charge is 0.361 e. The molecule has 1 aliphatic rings. The first-order chi connectivity index (χ1) is 12.0. The third-order valence-electron chi connectivity index (χ3n) is 4.76. The molecule has 2 aromatic rings. The molecule has 3 rings (SSSR count). The fourth-order valence-electron chi connectivity index (χ4n) is 3.21. The van der Waals surface area contributed by atoms with E-state index in [4.69, 9.17) is 9.72 Å². The summed E-state index contributed by atoms with van der Waals surface area (Å²) in [5.41, 5.74) is 2.35. The van der Waals surface area contributed by atoms with Crippen LogP contribution >= 0.6 is 0 Å². The predicted molar refractivity (Wildman–Crippen MR) is 108 cm³/mol. The van der Waals surface area contributed by atoms with Crippen molar-refractivity contribution in [3.63, 3.8) is 0 Å². The van der Waals surface area contributed by atoms with Gasteiger partial charge in [0.1, 0.15) is 6.73 Å². The van der Waals surface area contributed by atoms with Gasteiger partial charge in [-0.1, -0.05) is 50.0 Å². The number of nitrogens with zero attached hydrogens (tertiary/aromatic N) is 3. The second kappa shape index (κ2) is 8.19. The van der Waals surface area contributed by atoms with E-state index in [9.17, 15) is 0 Å². The van der Waals surface area contributed by atoms with E-state index in [1.807, 2.05) is 6.20 Å². The number of aromatic nitrogens is 2. The van der Waals surface area contributed by atoms with Crippen LogP contribution in [0.15, 0.2) is 36.5 Å². The Balaban J connectivity index is 1.79. The van der Waals surface area contributed by atoms with E-state index in [2.05, 4.69) is 59.4 Å². The van der Waals surface area contributed by atoms with Crippen molar-refractivity contribution in [2.45, 2.75) is 51.7 Å². The van der Waals surface area contributed by atoms with Gasteiger partial charge in [0.15, 0.2) is 0 Å². The molecule has 1 saturated heterocycles. The minimum Gasteiger partial charge on any atom is -0.361 e. The average Bonchev–Trinajstić information content (AvgIpc) is 3.03. The van der Waals surface area contributed by atoms with Crippen molar-refractivity contribution in [1.29, 1.82) is 0 Å². The first kappa shape index (κ1) is 18.2. The minimum absolute atomic E-state index is 0.584. The summed E-state index contributed by atoms with van der Waals surface area (Å²) >= 11 is 0. The first-order valence-corrected chi connectivity index (χ1v) is 13.2. The highest BCUT2D eigenvalue weighted by atomic mass is 28.3. The van der Waals surface area contributed by atoms with Crippen LogP contribution in [0.2, 0.25) is 25.7 Å². The quantitative estimate of drug-likeness (QED) is 0.524. The molecular weight excluding hydrogens is 326 g/mol. The summed E-state index contributed by atoms with van der Waals surface area (Å²) in [5, 5.41) is 0. The summed E-state index contributed by atoms with van der Waals surface area (Å²) in [5.74, 6) is 1.06. The van der Waals surface area contributed by atoms with Crippen molar-refractivity contribution in [2.75, 3.05) is 24.6 Å². The molecule has 0 radical (unpaired) electrons. The number of rotatable bonds is 7. The number of piperidine rings is 1. The molecule has 1 aromatic carbocycles. The second-order valence-corrected chi connectivity index (χ2v) is 13.8. The molecule has 0 aliphatic carbocycles. The Kier molecular flexibility index (Phi) is 5.96. The fourth-order valence-corrected chi connectivity index (χ4v) is 3.97. The topological polar surface area (TPSA) is 30.3 Å². The van der Waals surface area contributed by atoms with Crippen molar-refractivity contribution < 1.29 is 4.74 Å². The van der Waals surface area contributed by atoms with Gasteiger partial charge in [-0.2, -0.15) is 0 Å². The lowest BCUT2D eigenvalue weighted by atomic mass is 10.1. The van der Waals surface area contributed by atoms with Gasteiger partial charge in [0.25, 0.3) is 0 Å². The normalized spacial score (nSPS) is 15.6. The Morgan fingerprint density at radius 3 is 2.44 bits per heavy atom. The third-order valence-corrected chi connectivity index (χ3v) is 6.46. The molecule has 0 saturated carbocycles. The van der Waals surface area contributed by atoms with Gasteiger partial charge in [-0.05, 0) is 30.9 Å². The lowest BCUT2D eigenvalue weighted by molar-refractivity contribution is 0.0888. The second-order valence-electron chi connectivity index (χ2n) is 8.13. The Bertz CT molecular complexity index is 657. The van der Waals surface area contributed by atoms with Gasteiger partial charge in [0.2, 0.25) is 5.95 Å². The molecule has 1 fully saturated rings. The summed E-state index contributed by atoms with van der Waals surface area (Å²) in [6.07, 6.45) is 5.84. The molecule has 0 N–H and O–H groups in total. The van der Waals surface area contributed by atoms with E-state index in [-0.39, 0.29) is 0 Å². The number of anilines is 1.